The van der Waals surface area contributed by atoms with E-state index in [0.717, 1.165) is 26.1 Å². The van der Waals surface area contributed by atoms with Crippen molar-refractivity contribution in [3.63, 3.8) is 0 Å². The summed E-state index contributed by atoms with van der Waals surface area (Å²) in [6.45, 7) is 5.00. The van der Waals surface area contributed by atoms with Crippen LogP contribution in [0.1, 0.15) is 23.8 Å². The van der Waals surface area contributed by atoms with E-state index in [-0.39, 0.29) is 18.4 Å². The minimum absolute atomic E-state index is 0.245. The minimum Gasteiger partial charge on any atom is -0.347 e. The van der Waals surface area contributed by atoms with Crippen LogP contribution in [0, 0.1) is 0 Å². The number of likely N-dealkylation sites (N-methyl/N-ethyl adjacent to an activating group) is 1. The number of aromatic nitrogens is 1. The van der Waals surface area contributed by atoms with Crippen molar-refractivity contribution < 1.29 is 9.59 Å². The number of nitrogens with one attached hydrogen (secondary N) is 2. The molecule has 1 fully saturated rings. The van der Waals surface area contributed by atoms with Gasteiger partial charge in [0, 0.05) is 25.8 Å². The van der Waals surface area contributed by atoms with Crippen molar-refractivity contribution in [2.45, 2.75) is 19.4 Å². The number of amides is 2. The fourth-order valence-corrected chi connectivity index (χ4v) is 2.56. The van der Waals surface area contributed by atoms with Crippen molar-refractivity contribution >= 4 is 11.8 Å². The first-order chi connectivity index (χ1) is 9.61. The Kier molecular flexibility index (Phi) is 4.92. The number of hydrogen-bond acceptors (Lipinski definition) is 4. The Bertz CT molecular complexity index is 477. The third-order valence-electron chi connectivity index (χ3n) is 3.73. The van der Waals surface area contributed by atoms with Crippen LogP contribution in [0.4, 0.5) is 0 Å². The summed E-state index contributed by atoms with van der Waals surface area (Å²) in [5, 5.41) is 5.74. The van der Waals surface area contributed by atoms with Crippen LogP contribution in [-0.2, 0) is 11.8 Å². The first-order valence-electron chi connectivity index (χ1n) is 7.02. The first-order valence-corrected chi connectivity index (χ1v) is 7.02. The van der Waals surface area contributed by atoms with Crippen LogP contribution < -0.4 is 10.6 Å². The van der Waals surface area contributed by atoms with Gasteiger partial charge in [0.25, 0.3) is 5.91 Å². The Morgan fingerprint density at radius 3 is 2.90 bits per heavy atom. The molecule has 2 N–H and O–H groups in total. The Morgan fingerprint density at radius 1 is 1.55 bits per heavy atom. The molecule has 110 valence electrons. The summed E-state index contributed by atoms with van der Waals surface area (Å²) in [6.07, 6.45) is 2.83. The molecular formula is C14H22N4O2. The van der Waals surface area contributed by atoms with Gasteiger partial charge in [-0.15, -0.1) is 0 Å². The summed E-state index contributed by atoms with van der Waals surface area (Å²) in [5.74, 6) is -0.590. The van der Waals surface area contributed by atoms with Gasteiger partial charge in [0.05, 0.1) is 6.54 Å². The van der Waals surface area contributed by atoms with E-state index < -0.39 is 0 Å². The Labute approximate surface area is 119 Å². The van der Waals surface area contributed by atoms with Crippen LogP contribution in [-0.4, -0.2) is 53.5 Å². The predicted molar refractivity (Wildman–Crippen MR) is 76.4 cm³/mol. The van der Waals surface area contributed by atoms with Gasteiger partial charge < -0.3 is 9.88 Å². The molecule has 0 aliphatic carbocycles. The van der Waals surface area contributed by atoms with Gasteiger partial charge in [-0.25, -0.2) is 0 Å². The van der Waals surface area contributed by atoms with Crippen LogP contribution in [0.2, 0.25) is 0 Å². The molecule has 1 aliphatic rings. The highest BCUT2D eigenvalue weighted by molar-refractivity contribution is 6.04. The molecule has 0 spiro atoms. The highest BCUT2D eigenvalue weighted by Crippen LogP contribution is 2.07. The predicted octanol–water partition coefficient (Wildman–Crippen LogP) is -0.0347. The molecule has 6 nitrogen and oxygen atoms in total. The molecule has 2 heterocycles. The number of nitrogens with zero attached hydrogens (tertiary/aromatic N) is 2. The summed E-state index contributed by atoms with van der Waals surface area (Å²) in [4.78, 5) is 26.0. The van der Waals surface area contributed by atoms with Crippen LogP contribution >= 0.6 is 0 Å². The van der Waals surface area contributed by atoms with Gasteiger partial charge in [-0.1, -0.05) is 6.92 Å². The molecule has 1 atom stereocenters. The van der Waals surface area contributed by atoms with E-state index in [4.69, 9.17) is 0 Å². The molecule has 2 amide bonds. The van der Waals surface area contributed by atoms with E-state index in [0.29, 0.717) is 11.7 Å². The summed E-state index contributed by atoms with van der Waals surface area (Å²) in [6, 6.07) is 3.86. The fraction of sp³-hybridized carbons (Fsp3) is 0.571. The lowest BCUT2D eigenvalue weighted by atomic mass is 10.2. The number of aryl methyl sites for hydroxylation is 1. The highest BCUT2D eigenvalue weighted by Gasteiger charge is 2.23. The van der Waals surface area contributed by atoms with Gasteiger partial charge in [0.2, 0.25) is 5.91 Å². The van der Waals surface area contributed by atoms with Gasteiger partial charge in [0.1, 0.15) is 5.69 Å². The van der Waals surface area contributed by atoms with E-state index in [1.807, 2.05) is 6.92 Å². The van der Waals surface area contributed by atoms with Crippen LogP contribution in [0.25, 0.3) is 0 Å². The maximum Gasteiger partial charge on any atom is 0.274 e. The molecule has 6 heteroatoms. The van der Waals surface area contributed by atoms with Crippen molar-refractivity contribution in [3.8, 4) is 0 Å². The molecule has 1 saturated heterocycles. The van der Waals surface area contributed by atoms with Crippen molar-refractivity contribution in [3.05, 3.63) is 24.0 Å². The maximum atomic E-state index is 12.0. The lowest BCUT2D eigenvalue weighted by Gasteiger charge is -2.25. The van der Waals surface area contributed by atoms with Gasteiger partial charge in [-0.05, 0) is 31.6 Å². The van der Waals surface area contributed by atoms with Crippen LogP contribution in [0.5, 0.6) is 0 Å². The number of carbonyl (C=O) groups is 2. The van der Waals surface area contributed by atoms with Gasteiger partial charge in [-0.2, -0.15) is 0 Å². The molecule has 0 bridgehead atoms. The van der Waals surface area contributed by atoms with Crippen molar-refractivity contribution in [2.75, 3.05) is 26.2 Å². The topological polar surface area (TPSA) is 66.4 Å². The highest BCUT2D eigenvalue weighted by atomic mass is 16.2. The maximum absolute atomic E-state index is 12.0. The van der Waals surface area contributed by atoms with E-state index in [2.05, 4.69) is 15.5 Å². The molecule has 0 saturated carbocycles. The first kappa shape index (κ1) is 14.7. The lowest BCUT2D eigenvalue weighted by Crippen LogP contribution is -2.45. The second kappa shape index (κ2) is 6.67. The van der Waals surface area contributed by atoms with Crippen molar-refractivity contribution in [1.82, 2.24) is 20.1 Å². The standard InChI is InChI=1S/C14H22N4O2/c1-3-18(11-6-7-15-9-11)10-13(19)16-14(20)12-5-4-8-17(12)2/h4-5,8,11,15H,3,6-7,9-10H2,1-2H3,(H,16,19,20). The number of hydrogen-bond donors (Lipinski definition) is 2. The average Bonchev–Trinajstić information content (AvgIpc) is 3.06. The van der Waals surface area contributed by atoms with Gasteiger partial charge >= 0.3 is 0 Å². The zero-order valence-corrected chi connectivity index (χ0v) is 12.1. The third kappa shape index (κ3) is 3.46. The smallest absolute Gasteiger partial charge is 0.274 e. The monoisotopic (exact) mass is 278 g/mol. The summed E-state index contributed by atoms with van der Waals surface area (Å²) in [7, 11) is 1.78. The van der Waals surface area contributed by atoms with Crippen molar-refractivity contribution in [1.29, 1.82) is 0 Å². The Morgan fingerprint density at radius 2 is 2.35 bits per heavy atom. The zero-order valence-electron chi connectivity index (χ0n) is 12.1. The SMILES string of the molecule is CCN(CC(=O)NC(=O)c1cccn1C)C1CCNC1. The molecule has 2 rings (SSSR count). The largest absolute Gasteiger partial charge is 0.347 e. The quantitative estimate of drug-likeness (QED) is 0.793. The van der Waals surface area contributed by atoms with Crippen LogP contribution in [0.15, 0.2) is 18.3 Å². The number of imide groups is 1. The summed E-state index contributed by atoms with van der Waals surface area (Å²) in [5.41, 5.74) is 0.490. The van der Waals surface area contributed by atoms with E-state index >= 15 is 0 Å². The van der Waals surface area contributed by atoms with Crippen LogP contribution in [0.3, 0.4) is 0 Å². The molecule has 1 aromatic heterocycles. The van der Waals surface area contributed by atoms with Gasteiger partial charge in [-0.3, -0.25) is 19.8 Å². The van der Waals surface area contributed by atoms with Gasteiger partial charge in [0.15, 0.2) is 0 Å². The fourth-order valence-electron chi connectivity index (χ4n) is 2.56. The van der Waals surface area contributed by atoms with E-state index in [1.165, 1.54) is 0 Å². The van der Waals surface area contributed by atoms with E-state index in [1.54, 1.807) is 29.9 Å². The molecule has 0 radical (unpaired) electrons. The minimum atomic E-state index is -0.344. The van der Waals surface area contributed by atoms with Crippen molar-refractivity contribution in [2.24, 2.45) is 7.05 Å². The molecular weight excluding hydrogens is 256 g/mol. The average molecular weight is 278 g/mol. The molecule has 1 unspecified atom stereocenters. The summed E-state index contributed by atoms with van der Waals surface area (Å²) >= 11 is 0. The molecule has 20 heavy (non-hydrogen) atoms. The second-order valence-electron chi connectivity index (χ2n) is 5.09. The third-order valence-corrected chi connectivity index (χ3v) is 3.73. The second-order valence-corrected chi connectivity index (χ2v) is 5.09. The summed E-state index contributed by atoms with van der Waals surface area (Å²) < 4.78 is 1.70. The number of carbonyl (C=O) groups excluding carboxylic acids is 2. The normalized spacial score (nSPS) is 18.4. The molecule has 1 aromatic rings. The molecule has 1 aliphatic heterocycles. The Balaban J connectivity index is 1.88. The molecule has 0 aromatic carbocycles. The number of rotatable bonds is 5. The lowest BCUT2D eigenvalue weighted by molar-refractivity contribution is -0.121. The zero-order chi connectivity index (χ0) is 14.5. The van der Waals surface area contributed by atoms with E-state index in [9.17, 15) is 9.59 Å². The Hall–Kier alpha value is -1.66.